The summed E-state index contributed by atoms with van der Waals surface area (Å²) in [5.41, 5.74) is 0. The molecule has 2 rings (SSSR count). The van der Waals surface area contributed by atoms with Crippen LogP contribution in [0, 0.1) is 0 Å². The molecule has 2 aliphatic heterocycles. The molecule has 1 N–H and O–H groups in total. The Morgan fingerprint density at radius 3 is 3.00 bits per heavy atom. The van der Waals surface area contributed by atoms with Crippen LogP contribution >= 0.6 is 0 Å². The molecule has 2 unspecified atom stereocenters. The second-order valence-electron chi connectivity index (χ2n) is 4.88. The lowest BCUT2D eigenvalue weighted by Gasteiger charge is -2.32. The van der Waals surface area contributed by atoms with Gasteiger partial charge in [0.05, 0.1) is 6.54 Å². The summed E-state index contributed by atoms with van der Waals surface area (Å²) in [6, 6.07) is 1.02. The number of piperidine rings is 1. The molecule has 0 aromatic carbocycles. The fourth-order valence-electron chi connectivity index (χ4n) is 2.72. The van der Waals surface area contributed by atoms with E-state index in [4.69, 9.17) is 0 Å². The van der Waals surface area contributed by atoms with Crippen molar-refractivity contribution < 1.29 is 4.79 Å². The molecule has 0 spiro atoms. The molecule has 0 aromatic rings. The van der Waals surface area contributed by atoms with Gasteiger partial charge in [-0.2, -0.15) is 0 Å². The zero-order chi connectivity index (χ0) is 10.8. The van der Waals surface area contributed by atoms with Crippen molar-refractivity contribution in [1.82, 2.24) is 15.1 Å². The highest BCUT2D eigenvalue weighted by atomic mass is 16.2. The maximum Gasteiger partial charge on any atom is 0.237 e. The average molecular weight is 211 g/mol. The van der Waals surface area contributed by atoms with E-state index in [1.165, 1.54) is 12.8 Å². The number of nitrogens with one attached hydrogen (secondary N) is 1. The predicted molar refractivity (Wildman–Crippen MR) is 59.7 cm³/mol. The Balaban J connectivity index is 1.95. The van der Waals surface area contributed by atoms with Crippen LogP contribution in [-0.4, -0.2) is 61.5 Å². The Bertz CT molecular complexity index is 242. The summed E-state index contributed by atoms with van der Waals surface area (Å²) >= 11 is 0. The van der Waals surface area contributed by atoms with Crippen LogP contribution in [0.4, 0.5) is 0 Å². The molecule has 2 saturated heterocycles. The fourth-order valence-corrected chi connectivity index (χ4v) is 2.72. The molecular formula is C11H21N3O. The molecule has 2 fully saturated rings. The summed E-state index contributed by atoms with van der Waals surface area (Å²) < 4.78 is 0. The Morgan fingerprint density at radius 2 is 2.27 bits per heavy atom. The highest BCUT2D eigenvalue weighted by Gasteiger charge is 2.37. The van der Waals surface area contributed by atoms with Crippen LogP contribution in [-0.2, 0) is 4.79 Å². The number of fused-ring (bicyclic) bond motifs is 1. The number of nitrogens with zero attached hydrogens (tertiary/aromatic N) is 2. The van der Waals surface area contributed by atoms with Crippen molar-refractivity contribution in [3.05, 3.63) is 0 Å². The van der Waals surface area contributed by atoms with Crippen LogP contribution in [0.5, 0.6) is 0 Å². The molecule has 0 radical (unpaired) electrons. The second-order valence-corrected chi connectivity index (χ2v) is 4.88. The van der Waals surface area contributed by atoms with E-state index >= 15 is 0 Å². The van der Waals surface area contributed by atoms with Crippen LogP contribution in [0.2, 0.25) is 0 Å². The van der Waals surface area contributed by atoms with E-state index in [1.807, 2.05) is 19.0 Å². The molecule has 1 amide bonds. The molecular weight excluding hydrogens is 190 g/mol. The van der Waals surface area contributed by atoms with Gasteiger partial charge in [0.2, 0.25) is 5.91 Å². The highest BCUT2D eigenvalue weighted by Crippen LogP contribution is 2.25. The number of hydrogen-bond donors (Lipinski definition) is 1. The molecule has 2 heterocycles. The van der Waals surface area contributed by atoms with Crippen LogP contribution in [0.15, 0.2) is 0 Å². The lowest BCUT2D eigenvalue weighted by Crippen LogP contribution is -2.50. The smallest absolute Gasteiger partial charge is 0.237 e. The summed E-state index contributed by atoms with van der Waals surface area (Å²) in [5, 5.41) is 3.51. The number of likely N-dealkylation sites (N-methyl/N-ethyl adjacent to an activating group) is 1. The maximum atomic E-state index is 12.0. The molecule has 4 nitrogen and oxygen atoms in total. The fraction of sp³-hybridized carbons (Fsp3) is 0.909. The van der Waals surface area contributed by atoms with Gasteiger partial charge >= 0.3 is 0 Å². The minimum atomic E-state index is 0.288. The molecule has 4 heteroatoms. The molecule has 2 aliphatic rings. The predicted octanol–water partition coefficient (Wildman–Crippen LogP) is -0.0991. The molecule has 86 valence electrons. The number of amides is 1. The number of hydrogen-bond acceptors (Lipinski definition) is 3. The molecule has 0 aromatic heterocycles. The van der Waals surface area contributed by atoms with Gasteiger partial charge in [-0.1, -0.05) is 0 Å². The Hall–Kier alpha value is -0.610. The number of carbonyl (C=O) groups is 1. The first kappa shape index (κ1) is 10.9. The normalized spacial score (nSPS) is 30.7. The van der Waals surface area contributed by atoms with Crippen LogP contribution in [0.25, 0.3) is 0 Å². The Morgan fingerprint density at radius 1 is 1.47 bits per heavy atom. The SMILES string of the molecule is CN(C)CC(=O)N1CCC2NCCCC21. The van der Waals surface area contributed by atoms with Crippen LogP contribution < -0.4 is 5.32 Å². The Kier molecular flexibility index (Phi) is 3.26. The second kappa shape index (κ2) is 4.49. The van der Waals surface area contributed by atoms with Gasteiger partial charge in [-0.3, -0.25) is 4.79 Å². The summed E-state index contributed by atoms with van der Waals surface area (Å²) in [6.07, 6.45) is 3.51. The monoisotopic (exact) mass is 211 g/mol. The van der Waals surface area contributed by atoms with Crippen LogP contribution in [0.1, 0.15) is 19.3 Å². The van der Waals surface area contributed by atoms with Crippen molar-refractivity contribution in [2.24, 2.45) is 0 Å². The Labute approximate surface area is 91.6 Å². The van der Waals surface area contributed by atoms with Gasteiger partial charge in [-0.05, 0) is 39.9 Å². The van der Waals surface area contributed by atoms with E-state index < -0.39 is 0 Å². The quantitative estimate of drug-likeness (QED) is 0.693. The lowest BCUT2D eigenvalue weighted by molar-refractivity contribution is -0.133. The lowest BCUT2D eigenvalue weighted by atomic mass is 9.99. The van der Waals surface area contributed by atoms with Gasteiger partial charge < -0.3 is 15.1 Å². The van der Waals surface area contributed by atoms with Gasteiger partial charge in [0.1, 0.15) is 0 Å². The van der Waals surface area contributed by atoms with Crippen molar-refractivity contribution in [2.45, 2.75) is 31.3 Å². The van der Waals surface area contributed by atoms with Gasteiger partial charge in [-0.15, -0.1) is 0 Å². The largest absolute Gasteiger partial charge is 0.337 e. The van der Waals surface area contributed by atoms with E-state index in [9.17, 15) is 4.79 Å². The summed E-state index contributed by atoms with van der Waals surface area (Å²) in [6.45, 7) is 2.61. The van der Waals surface area contributed by atoms with E-state index in [0.717, 1.165) is 19.5 Å². The first-order valence-corrected chi connectivity index (χ1v) is 5.86. The topological polar surface area (TPSA) is 35.6 Å². The zero-order valence-electron chi connectivity index (χ0n) is 9.70. The third-order valence-electron chi connectivity index (χ3n) is 3.40. The maximum absolute atomic E-state index is 12.0. The first-order chi connectivity index (χ1) is 7.18. The summed E-state index contributed by atoms with van der Waals surface area (Å²) in [5.74, 6) is 0.288. The highest BCUT2D eigenvalue weighted by molar-refractivity contribution is 5.79. The number of rotatable bonds is 2. The average Bonchev–Trinajstić information content (AvgIpc) is 2.59. The standard InChI is InChI=1S/C11H21N3O/c1-13(2)8-11(15)14-7-5-9-10(14)4-3-6-12-9/h9-10,12H,3-8H2,1-2H3. The van der Waals surface area contributed by atoms with Crippen molar-refractivity contribution >= 4 is 5.91 Å². The van der Waals surface area contributed by atoms with Gasteiger partial charge in [0, 0.05) is 18.6 Å². The molecule has 0 aliphatic carbocycles. The molecule has 0 saturated carbocycles. The minimum absolute atomic E-state index is 0.288. The zero-order valence-corrected chi connectivity index (χ0v) is 9.70. The van der Waals surface area contributed by atoms with Crippen molar-refractivity contribution in [2.75, 3.05) is 33.7 Å². The van der Waals surface area contributed by atoms with Gasteiger partial charge in [-0.25, -0.2) is 0 Å². The van der Waals surface area contributed by atoms with E-state index in [-0.39, 0.29) is 5.91 Å². The van der Waals surface area contributed by atoms with E-state index in [1.54, 1.807) is 0 Å². The number of likely N-dealkylation sites (tertiary alicyclic amines) is 1. The summed E-state index contributed by atoms with van der Waals surface area (Å²) in [4.78, 5) is 16.0. The minimum Gasteiger partial charge on any atom is -0.337 e. The van der Waals surface area contributed by atoms with E-state index in [0.29, 0.717) is 18.6 Å². The molecule has 2 atom stereocenters. The van der Waals surface area contributed by atoms with Crippen LogP contribution in [0.3, 0.4) is 0 Å². The molecule has 15 heavy (non-hydrogen) atoms. The summed E-state index contributed by atoms with van der Waals surface area (Å²) in [7, 11) is 3.90. The molecule has 0 bridgehead atoms. The van der Waals surface area contributed by atoms with Crippen molar-refractivity contribution in [3.8, 4) is 0 Å². The third-order valence-corrected chi connectivity index (χ3v) is 3.40. The number of carbonyl (C=O) groups excluding carboxylic acids is 1. The van der Waals surface area contributed by atoms with E-state index in [2.05, 4.69) is 10.2 Å². The van der Waals surface area contributed by atoms with Crippen molar-refractivity contribution in [1.29, 1.82) is 0 Å². The first-order valence-electron chi connectivity index (χ1n) is 5.86. The van der Waals surface area contributed by atoms with Crippen molar-refractivity contribution in [3.63, 3.8) is 0 Å². The third kappa shape index (κ3) is 2.32. The van der Waals surface area contributed by atoms with Gasteiger partial charge in [0.25, 0.3) is 0 Å². The van der Waals surface area contributed by atoms with Gasteiger partial charge in [0.15, 0.2) is 0 Å².